The molecule has 0 bridgehead atoms. The Labute approximate surface area is 152 Å². The molecule has 8 heteroatoms. The molecule has 0 aliphatic carbocycles. The molecule has 25 heavy (non-hydrogen) atoms. The van der Waals surface area contributed by atoms with E-state index < -0.39 is 22.5 Å². The van der Waals surface area contributed by atoms with E-state index in [9.17, 15) is 13.2 Å². The van der Waals surface area contributed by atoms with Crippen LogP contribution in [-0.2, 0) is 14.8 Å². The maximum atomic E-state index is 12.4. The molecule has 0 radical (unpaired) electrons. The lowest BCUT2D eigenvalue weighted by atomic mass is 10.2. The minimum absolute atomic E-state index is 0.244. The number of nitrogens with one attached hydrogen (secondary N) is 1. The molecule has 0 aliphatic rings. The van der Waals surface area contributed by atoms with Crippen molar-refractivity contribution >= 4 is 38.9 Å². The standard InChI is InChI=1S/C17H19ClN2O4S/c1-12-8-9-16(24-2)14(10-12)19-17(21)11-20(25(3,22)23)15-7-5-4-6-13(15)18/h4-10H,11H2,1-3H3,(H,19,21). The van der Waals surface area contributed by atoms with Crippen LogP contribution >= 0.6 is 11.6 Å². The molecular weight excluding hydrogens is 364 g/mol. The zero-order valence-electron chi connectivity index (χ0n) is 14.1. The fraction of sp³-hybridized carbons (Fsp3) is 0.235. The number of amides is 1. The maximum Gasteiger partial charge on any atom is 0.245 e. The molecular formula is C17H19ClN2O4S. The highest BCUT2D eigenvalue weighted by molar-refractivity contribution is 7.92. The third kappa shape index (κ3) is 4.87. The highest BCUT2D eigenvalue weighted by Gasteiger charge is 2.23. The van der Waals surface area contributed by atoms with Gasteiger partial charge in [0.25, 0.3) is 0 Å². The molecule has 2 aromatic rings. The van der Waals surface area contributed by atoms with Crippen LogP contribution in [0.3, 0.4) is 0 Å². The summed E-state index contributed by atoms with van der Waals surface area (Å²) >= 11 is 6.08. The summed E-state index contributed by atoms with van der Waals surface area (Å²) in [7, 11) is -2.20. The van der Waals surface area contributed by atoms with Crippen molar-refractivity contribution in [3.63, 3.8) is 0 Å². The van der Waals surface area contributed by atoms with E-state index in [0.29, 0.717) is 11.4 Å². The first-order valence-corrected chi connectivity index (χ1v) is 9.61. The number of rotatable bonds is 6. The Bertz CT molecular complexity index is 884. The third-order valence-corrected chi connectivity index (χ3v) is 4.88. The van der Waals surface area contributed by atoms with Gasteiger partial charge in [0.15, 0.2) is 0 Å². The Balaban J connectivity index is 2.27. The predicted molar refractivity (Wildman–Crippen MR) is 100 cm³/mol. The van der Waals surface area contributed by atoms with E-state index in [0.717, 1.165) is 16.1 Å². The van der Waals surface area contributed by atoms with Gasteiger partial charge in [-0.15, -0.1) is 0 Å². The SMILES string of the molecule is COc1ccc(C)cc1NC(=O)CN(c1ccccc1Cl)S(C)(=O)=O. The molecule has 6 nitrogen and oxygen atoms in total. The van der Waals surface area contributed by atoms with Crippen molar-refractivity contribution in [3.8, 4) is 5.75 Å². The third-order valence-electron chi connectivity index (χ3n) is 3.44. The van der Waals surface area contributed by atoms with E-state index in [-0.39, 0.29) is 10.7 Å². The van der Waals surface area contributed by atoms with Gasteiger partial charge in [0.1, 0.15) is 12.3 Å². The molecule has 0 aromatic heterocycles. The lowest BCUT2D eigenvalue weighted by Crippen LogP contribution is -2.37. The molecule has 0 spiro atoms. The van der Waals surface area contributed by atoms with Crippen LogP contribution in [0.4, 0.5) is 11.4 Å². The molecule has 0 saturated heterocycles. The Morgan fingerprint density at radius 3 is 2.52 bits per heavy atom. The van der Waals surface area contributed by atoms with Gasteiger partial charge in [0.2, 0.25) is 15.9 Å². The summed E-state index contributed by atoms with van der Waals surface area (Å²) in [6.45, 7) is 1.47. The molecule has 0 heterocycles. The largest absolute Gasteiger partial charge is 0.495 e. The first-order valence-electron chi connectivity index (χ1n) is 7.39. The number of para-hydroxylation sites is 1. The number of benzene rings is 2. The fourth-order valence-electron chi connectivity index (χ4n) is 2.27. The van der Waals surface area contributed by atoms with Crippen LogP contribution in [0.15, 0.2) is 42.5 Å². The molecule has 0 aliphatic heterocycles. The van der Waals surface area contributed by atoms with Gasteiger partial charge in [-0.25, -0.2) is 8.42 Å². The smallest absolute Gasteiger partial charge is 0.245 e. The highest BCUT2D eigenvalue weighted by Crippen LogP contribution is 2.28. The number of carbonyl (C=O) groups is 1. The predicted octanol–water partition coefficient (Wildman–Crippen LogP) is 3.06. The zero-order chi connectivity index (χ0) is 18.6. The van der Waals surface area contributed by atoms with E-state index in [1.807, 2.05) is 13.0 Å². The van der Waals surface area contributed by atoms with E-state index in [1.165, 1.54) is 7.11 Å². The Kier molecular flexibility index (Phi) is 5.92. The topological polar surface area (TPSA) is 75.7 Å². The number of methoxy groups -OCH3 is 1. The van der Waals surface area contributed by atoms with Crippen LogP contribution in [0, 0.1) is 6.92 Å². The number of aryl methyl sites for hydroxylation is 1. The molecule has 2 rings (SSSR count). The minimum Gasteiger partial charge on any atom is -0.495 e. The summed E-state index contributed by atoms with van der Waals surface area (Å²) in [5.41, 5.74) is 1.65. The summed E-state index contributed by atoms with van der Waals surface area (Å²) in [4.78, 5) is 12.4. The van der Waals surface area contributed by atoms with Crippen molar-refractivity contribution in [2.45, 2.75) is 6.92 Å². The lowest BCUT2D eigenvalue weighted by Gasteiger charge is -2.23. The fourth-order valence-corrected chi connectivity index (χ4v) is 3.43. The number of hydrogen-bond acceptors (Lipinski definition) is 4. The molecule has 134 valence electrons. The van der Waals surface area contributed by atoms with Crippen LogP contribution in [0.2, 0.25) is 5.02 Å². The van der Waals surface area contributed by atoms with Gasteiger partial charge in [-0.05, 0) is 36.8 Å². The van der Waals surface area contributed by atoms with E-state index in [4.69, 9.17) is 16.3 Å². The molecule has 0 saturated carbocycles. The average molecular weight is 383 g/mol. The summed E-state index contributed by atoms with van der Waals surface area (Å²) in [5, 5.41) is 2.93. The van der Waals surface area contributed by atoms with Gasteiger partial charge >= 0.3 is 0 Å². The Hall–Kier alpha value is -2.25. The number of ether oxygens (including phenoxy) is 1. The zero-order valence-corrected chi connectivity index (χ0v) is 15.7. The monoisotopic (exact) mass is 382 g/mol. The van der Waals surface area contributed by atoms with Crippen molar-refractivity contribution in [2.75, 3.05) is 29.5 Å². The number of carbonyl (C=O) groups excluding carboxylic acids is 1. The number of nitrogens with zero attached hydrogens (tertiary/aromatic N) is 1. The summed E-state index contributed by atoms with van der Waals surface area (Å²) in [6.07, 6.45) is 1.02. The van der Waals surface area contributed by atoms with Crippen molar-refractivity contribution in [1.29, 1.82) is 0 Å². The first-order chi connectivity index (χ1) is 11.7. The average Bonchev–Trinajstić information content (AvgIpc) is 2.53. The van der Waals surface area contributed by atoms with Crippen molar-refractivity contribution in [2.24, 2.45) is 0 Å². The second kappa shape index (κ2) is 7.76. The van der Waals surface area contributed by atoms with E-state index in [1.54, 1.807) is 36.4 Å². The van der Waals surface area contributed by atoms with Crippen LogP contribution in [0.5, 0.6) is 5.75 Å². The van der Waals surface area contributed by atoms with Crippen LogP contribution in [0.1, 0.15) is 5.56 Å². The van der Waals surface area contributed by atoms with Gasteiger partial charge in [0.05, 0.1) is 29.8 Å². The normalized spacial score (nSPS) is 11.0. The minimum atomic E-state index is -3.69. The summed E-state index contributed by atoms with van der Waals surface area (Å²) in [6, 6.07) is 11.8. The second-order valence-corrected chi connectivity index (χ2v) is 7.79. The summed E-state index contributed by atoms with van der Waals surface area (Å²) < 4.78 is 30.4. The highest BCUT2D eigenvalue weighted by atomic mass is 35.5. The van der Waals surface area contributed by atoms with Gasteiger partial charge < -0.3 is 10.1 Å². The van der Waals surface area contributed by atoms with Gasteiger partial charge in [-0.2, -0.15) is 0 Å². The molecule has 0 unspecified atom stereocenters. The van der Waals surface area contributed by atoms with Crippen molar-refractivity contribution < 1.29 is 17.9 Å². The van der Waals surface area contributed by atoms with Gasteiger partial charge in [0, 0.05) is 0 Å². The quantitative estimate of drug-likeness (QED) is 0.833. The van der Waals surface area contributed by atoms with Crippen molar-refractivity contribution in [3.05, 3.63) is 53.1 Å². The van der Waals surface area contributed by atoms with Crippen LogP contribution < -0.4 is 14.4 Å². The molecule has 2 aromatic carbocycles. The number of halogens is 1. The van der Waals surface area contributed by atoms with Gasteiger partial charge in [-0.1, -0.05) is 29.8 Å². The molecule has 1 amide bonds. The van der Waals surface area contributed by atoms with E-state index >= 15 is 0 Å². The summed E-state index contributed by atoms with van der Waals surface area (Å²) in [5.74, 6) is -0.0168. The van der Waals surface area contributed by atoms with E-state index in [2.05, 4.69) is 5.32 Å². The Morgan fingerprint density at radius 1 is 1.24 bits per heavy atom. The van der Waals surface area contributed by atoms with Crippen molar-refractivity contribution in [1.82, 2.24) is 0 Å². The molecule has 1 N–H and O–H groups in total. The number of hydrogen-bond donors (Lipinski definition) is 1. The van der Waals surface area contributed by atoms with Gasteiger partial charge in [-0.3, -0.25) is 9.10 Å². The van der Waals surface area contributed by atoms with Crippen LogP contribution in [0.25, 0.3) is 0 Å². The first kappa shape index (κ1) is 19.1. The molecule has 0 atom stereocenters. The lowest BCUT2D eigenvalue weighted by molar-refractivity contribution is -0.114. The molecule has 0 fully saturated rings. The maximum absolute atomic E-state index is 12.4. The number of anilines is 2. The number of sulfonamides is 1. The second-order valence-electron chi connectivity index (χ2n) is 5.47. The van der Waals surface area contributed by atoms with Crippen LogP contribution in [-0.4, -0.2) is 34.2 Å². The Morgan fingerprint density at radius 2 is 1.92 bits per heavy atom.